The Kier molecular flexibility index (Phi) is 4.93. The number of nitrogens with zero attached hydrogens (tertiary/aromatic N) is 2. The third kappa shape index (κ3) is 3.44. The highest BCUT2D eigenvalue weighted by molar-refractivity contribution is 5.98. The van der Waals surface area contributed by atoms with Crippen molar-refractivity contribution in [3.8, 4) is 45.3 Å². The summed E-state index contributed by atoms with van der Waals surface area (Å²) in [6.07, 6.45) is 0. The second-order valence-electron chi connectivity index (χ2n) is 8.25. The van der Waals surface area contributed by atoms with Crippen LogP contribution < -0.4 is 0 Å². The first kappa shape index (κ1) is 20.0. The average Bonchev–Trinajstić information content (AvgIpc) is 3.30. The van der Waals surface area contributed by atoms with Crippen LogP contribution in [0, 0.1) is 0 Å². The van der Waals surface area contributed by atoms with Gasteiger partial charge >= 0.3 is 0 Å². The highest BCUT2D eigenvalue weighted by Gasteiger charge is 2.23. The lowest BCUT2D eigenvalue weighted by Gasteiger charge is -2.14. The van der Waals surface area contributed by atoms with Crippen LogP contribution in [-0.4, -0.2) is 14.7 Å². The Morgan fingerprint density at radius 1 is 0.588 bits per heavy atom. The lowest BCUT2D eigenvalue weighted by Crippen LogP contribution is -2.00. The lowest BCUT2D eigenvalue weighted by molar-refractivity contribution is 0.476. The van der Waals surface area contributed by atoms with Crippen molar-refractivity contribution in [2.45, 2.75) is 0 Å². The predicted octanol–water partition coefficient (Wildman–Crippen LogP) is 7.73. The molecule has 0 unspecified atom stereocenters. The van der Waals surface area contributed by atoms with E-state index in [4.69, 9.17) is 4.98 Å². The average molecular weight is 439 g/mol. The molecular weight excluding hydrogens is 416 g/mol. The summed E-state index contributed by atoms with van der Waals surface area (Å²) in [5, 5.41) is 12.3. The van der Waals surface area contributed by atoms with E-state index in [1.165, 1.54) is 0 Å². The first-order chi connectivity index (χ1) is 16.8. The molecule has 0 fully saturated rings. The first-order valence-corrected chi connectivity index (χ1v) is 11.3. The SMILES string of the molecule is Oc1ccc2cccc(-c3nc(-c4ccccc4)c(-c4ccccc4)n3-c3ccccc3)c2c1. The summed E-state index contributed by atoms with van der Waals surface area (Å²) in [4.78, 5) is 5.26. The third-order valence-corrected chi connectivity index (χ3v) is 6.09. The van der Waals surface area contributed by atoms with Gasteiger partial charge in [0.05, 0.1) is 11.4 Å². The second-order valence-corrected chi connectivity index (χ2v) is 8.25. The van der Waals surface area contributed by atoms with E-state index >= 15 is 0 Å². The number of hydrogen-bond acceptors (Lipinski definition) is 2. The number of imidazole rings is 1. The van der Waals surface area contributed by atoms with E-state index in [9.17, 15) is 5.11 Å². The number of aromatic nitrogens is 2. The van der Waals surface area contributed by atoms with Crippen molar-refractivity contribution in [2.75, 3.05) is 0 Å². The minimum Gasteiger partial charge on any atom is -0.508 e. The van der Waals surface area contributed by atoms with Crippen molar-refractivity contribution in [3.05, 3.63) is 127 Å². The van der Waals surface area contributed by atoms with Crippen LogP contribution in [0.1, 0.15) is 0 Å². The van der Waals surface area contributed by atoms with Gasteiger partial charge in [0.25, 0.3) is 0 Å². The minimum absolute atomic E-state index is 0.240. The molecule has 162 valence electrons. The van der Waals surface area contributed by atoms with Gasteiger partial charge in [-0.2, -0.15) is 0 Å². The van der Waals surface area contributed by atoms with E-state index in [1.54, 1.807) is 6.07 Å². The Morgan fingerprint density at radius 2 is 1.24 bits per heavy atom. The number of phenols is 1. The van der Waals surface area contributed by atoms with Crippen LogP contribution in [0.4, 0.5) is 0 Å². The standard InChI is InChI=1S/C31H22N2O/c34-26-20-19-22-15-10-18-27(28(22)21-26)31-32-29(23-11-4-1-5-12-23)30(24-13-6-2-7-14-24)33(31)25-16-8-3-9-17-25/h1-21,34H. The number of rotatable bonds is 4. The van der Waals surface area contributed by atoms with Gasteiger partial charge in [0, 0.05) is 22.4 Å². The summed E-state index contributed by atoms with van der Waals surface area (Å²) in [6.45, 7) is 0. The summed E-state index contributed by atoms with van der Waals surface area (Å²) in [5.74, 6) is 1.07. The Bertz CT molecular complexity index is 1590. The molecule has 3 heteroatoms. The monoisotopic (exact) mass is 438 g/mol. The van der Waals surface area contributed by atoms with Crippen molar-refractivity contribution in [2.24, 2.45) is 0 Å². The molecule has 5 aromatic carbocycles. The number of fused-ring (bicyclic) bond motifs is 1. The zero-order valence-electron chi connectivity index (χ0n) is 18.5. The lowest BCUT2D eigenvalue weighted by atomic mass is 10.0. The molecule has 0 amide bonds. The highest BCUT2D eigenvalue weighted by Crippen LogP contribution is 2.40. The molecule has 0 aliphatic heterocycles. The quantitative estimate of drug-likeness (QED) is 0.306. The fourth-order valence-electron chi connectivity index (χ4n) is 4.54. The fraction of sp³-hybridized carbons (Fsp3) is 0. The number of para-hydroxylation sites is 1. The van der Waals surface area contributed by atoms with E-state index in [-0.39, 0.29) is 5.75 Å². The third-order valence-electron chi connectivity index (χ3n) is 6.09. The van der Waals surface area contributed by atoms with Gasteiger partial charge in [-0.3, -0.25) is 4.57 Å². The van der Waals surface area contributed by atoms with E-state index in [2.05, 4.69) is 65.2 Å². The van der Waals surface area contributed by atoms with Crippen molar-refractivity contribution in [1.29, 1.82) is 0 Å². The van der Waals surface area contributed by atoms with Crippen LogP contribution in [0.2, 0.25) is 0 Å². The smallest absolute Gasteiger partial charge is 0.146 e. The normalized spacial score (nSPS) is 11.1. The molecule has 1 aromatic heterocycles. The van der Waals surface area contributed by atoms with Crippen molar-refractivity contribution >= 4 is 10.8 Å². The van der Waals surface area contributed by atoms with Crippen LogP contribution in [0.15, 0.2) is 127 Å². The molecule has 0 saturated heterocycles. The molecule has 0 saturated carbocycles. The maximum atomic E-state index is 10.3. The summed E-state index contributed by atoms with van der Waals surface area (Å²) >= 11 is 0. The van der Waals surface area contributed by atoms with E-state index in [0.717, 1.165) is 50.4 Å². The Morgan fingerprint density at radius 3 is 1.94 bits per heavy atom. The molecule has 0 spiro atoms. The Labute approximate surface area is 198 Å². The van der Waals surface area contributed by atoms with Gasteiger partial charge in [-0.15, -0.1) is 0 Å². The number of benzene rings is 5. The second kappa shape index (κ2) is 8.38. The minimum atomic E-state index is 0.240. The predicted molar refractivity (Wildman–Crippen MR) is 139 cm³/mol. The van der Waals surface area contributed by atoms with Crippen molar-refractivity contribution < 1.29 is 5.11 Å². The van der Waals surface area contributed by atoms with Crippen molar-refractivity contribution in [1.82, 2.24) is 9.55 Å². The van der Waals surface area contributed by atoms with Gasteiger partial charge in [0.15, 0.2) is 0 Å². The van der Waals surface area contributed by atoms with Crippen LogP contribution in [0.3, 0.4) is 0 Å². The molecule has 3 nitrogen and oxygen atoms in total. The Balaban J connectivity index is 1.76. The van der Waals surface area contributed by atoms with E-state index < -0.39 is 0 Å². The van der Waals surface area contributed by atoms with E-state index in [1.807, 2.05) is 60.7 Å². The molecule has 0 bridgehead atoms. The van der Waals surface area contributed by atoms with Gasteiger partial charge in [0.2, 0.25) is 0 Å². The van der Waals surface area contributed by atoms with Gasteiger partial charge in [-0.25, -0.2) is 4.98 Å². The summed E-state index contributed by atoms with van der Waals surface area (Å²) in [7, 11) is 0. The maximum Gasteiger partial charge on any atom is 0.146 e. The number of hydrogen-bond donors (Lipinski definition) is 1. The van der Waals surface area contributed by atoms with Gasteiger partial charge in [0.1, 0.15) is 11.6 Å². The summed E-state index contributed by atoms with van der Waals surface area (Å²) in [5.41, 5.74) is 6.10. The van der Waals surface area contributed by atoms with Crippen molar-refractivity contribution in [3.63, 3.8) is 0 Å². The summed E-state index contributed by atoms with van der Waals surface area (Å²) < 4.78 is 2.23. The molecule has 6 aromatic rings. The van der Waals surface area contributed by atoms with E-state index in [0.29, 0.717) is 0 Å². The first-order valence-electron chi connectivity index (χ1n) is 11.3. The molecule has 34 heavy (non-hydrogen) atoms. The summed E-state index contributed by atoms with van der Waals surface area (Å²) in [6, 6.07) is 42.7. The van der Waals surface area contributed by atoms with Gasteiger partial charge in [-0.05, 0) is 35.0 Å². The zero-order chi connectivity index (χ0) is 22.9. The number of phenolic OH excluding ortho intramolecular Hbond substituents is 1. The largest absolute Gasteiger partial charge is 0.508 e. The molecule has 0 atom stereocenters. The number of aromatic hydroxyl groups is 1. The topological polar surface area (TPSA) is 38.1 Å². The molecule has 0 aliphatic carbocycles. The zero-order valence-corrected chi connectivity index (χ0v) is 18.5. The van der Waals surface area contributed by atoms with Crippen LogP contribution in [0.25, 0.3) is 50.4 Å². The Hall–Kier alpha value is -4.63. The highest BCUT2D eigenvalue weighted by atomic mass is 16.3. The molecule has 6 rings (SSSR count). The van der Waals surface area contributed by atoms with Crippen LogP contribution in [0.5, 0.6) is 5.75 Å². The van der Waals surface area contributed by atoms with Gasteiger partial charge < -0.3 is 5.11 Å². The molecule has 0 aliphatic rings. The van der Waals surface area contributed by atoms with Gasteiger partial charge in [-0.1, -0.05) is 103 Å². The molecule has 1 heterocycles. The molecule has 1 N–H and O–H groups in total. The maximum absolute atomic E-state index is 10.3. The van der Waals surface area contributed by atoms with Crippen LogP contribution >= 0.6 is 0 Å². The van der Waals surface area contributed by atoms with Crippen LogP contribution in [-0.2, 0) is 0 Å². The molecular formula is C31H22N2O. The fourth-order valence-corrected chi connectivity index (χ4v) is 4.54. The molecule has 0 radical (unpaired) electrons.